The van der Waals surface area contributed by atoms with E-state index in [1.54, 1.807) is 0 Å². The molecular formula is C14H24N2O. The molecule has 96 valence electrons. The van der Waals surface area contributed by atoms with Crippen LogP contribution in [0.5, 0.6) is 5.75 Å². The van der Waals surface area contributed by atoms with Crippen molar-refractivity contribution in [2.45, 2.75) is 52.5 Å². The van der Waals surface area contributed by atoms with E-state index < -0.39 is 0 Å². The van der Waals surface area contributed by atoms with E-state index in [2.05, 4.69) is 18.8 Å². The van der Waals surface area contributed by atoms with Crippen LogP contribution in [0.25, 0.3) is 0 Å². The van der Waals surface area contributed by atoms with E-state index in [9.17, 15) is 0 Å². The van der Waals surface area contributed by atoms with Gasteiger partial charge in [-0.1, -0.05) is 20.3 Å². The summed E-state index contributed by atoms with van der Waals surface area (Å²) in [4.78, 5) is 4.53. The fourth-order valence-electron chi connectivity index (χ4n) is 1.59. The second-order valence-electron chi connectivity index (χ2n) is 4.47. The first-order valence-electron chi connectivity index (χ1n) is 6.52. The molecule has 0 saturated carbocycles. The standard InChI is InChI=1S/C14H24N2O/c1-4-6-9-17-14-8-7-11(3)16-13(14)10-12(15)5-2/h7-8,12H,4-6,9-10,15H2,1-3H3. The summed E-state index contributed by atoms with van der Waals surface area (Å²) >= 11 is 0. The molecule has 1 aromatic heterocycles. The minimum Gasteiger partial charge on any atom is -0.492 e. The van der Waals surface area contributed by atoms with Crippen molar-refractivity contribution in [1.29, 1.82) is 0 Å². The van der Waals surface area contributed by atoms with Gasteiger partial charge in [0.15, 0.2) is 0 Å². The summed E-state index contributed by atoms with van der Waals surface area (Å²) in [6, 6.07) is 4.16. The second-order valence-corrected chi connectivity index (χ2v) is 4.47. The van der Waals surface area contributed by atoms with Crippen molar-refractivity contribution in [3.05, 3.63) is 23.5 Å². The fourth-order valence-corrected chi connectivity index (χ4v) is 1.59. The van der Waals surface area contributed by atoms with Gasteiger partial charge >= 0.3 is 0 Å². The predicted octanol–water partition coefficient (Wildman–Crippen LogP) is 2.85. The first-order valence-corrected chi connectivity index (χ1v) is 6.52. The van der Waals surface area contributed by atoms with Gasteiger partial charge < -0.3 is 10.5 Å². The van der Waals surface area contributed by atoms with Crippen LogP contribution >= 0.6 is 0 Å². The first kappa shape index (κ1) is 14.0. The van der Waals surface area contributed by atoms with Crippen LogP contribution in [0, 0.1) is 6.92 Å². The van der Waals surface area contributed by atoms with Crippen LogP contribution in [-0.2, 0) is 6.42 Å². The van der Waals surface area contributed by atoms with Crippen LogP contribution in [-0.4, -0.2) is 17.6 Å². The minimum atomic E-state index is 0.165. The Morgan fingerprint density at radius 3 is 2.76 bits per heavy atom. The van der Waals surface area contributed by atoms with Crippen LogP contribution < -0.4 is 10.5 Å². The predicted molar refractivity (Wildman–Crippen MR) is 71.3 cm³/mol. The molecule has 0 fully saturated rings. The van der Waals surface area contributed by atoms with Crippen LogP contribution in [0.3, 0.4) is 0 Å². The maximum Gasteiger partial charge on any atom is 0.140 e. The van der Waals surface area contributed by atoms with Crippen molar-refractivity contribution < 1.29 is 4.74 Å². The average molecular weight is 236 g/mol. The summed E-state index contributed by atoms with van der Waals surface area (Å²) in [5.74, 6) is 0.896. The lowest BCUT2D eigenvalue weighted by molar-refractivity contribution is 0.303. The third-order valence-corrected chi connectivity index (χ3v) is 2.81. The minimum absolute atomic E-state index is 0.165. The monoisotopic (exact) mass is 236 g/mol. The molecule has 0 spiro atoms. The van der Waals surface area contributed by atoms with Gasteiger partial charge in [-0.05, 0) is 31.9 Å². The third-order valence-electron chi connectivity index (χ3n) is 2.81. The number of nitrogens with zero attached hydrogens (tertiary/aromatic N) is 1. The zero-order chi connectivity index (χ0) is 12.7. The van der Waals surface area contributed by atoms with Crippen LogP contribution in [0.4, 0.5) is 0 Å². The van der Waals surface area contributed by atoms with Crippen molar-refractivity contribution in [2.75, 3.05) is 6.61 Å². The number of ether oxygens (including phenoxy) is 1. The SMILES string of the molecule is CCCCOc1ccc(C)nc1CC(N)CC. The molecule has 2 N–H and O–H groups in total. The largest absolute Gasteiger partial charge is 0.492 e. The van der Waals surface area contributed by atoms with Gasteiger partial charge in [-0.3, -0.25) is 4.98 Å². The summed E-state index contributed by atoms with van der Waals surface area (Å²) in [7, 11) is 0. The van der Waals surface area contributed by atoms with E-state index in [0.717, 1.165) is 49.4 Å². The molecule has 0 aliphatic carbocycles. The second kappa shape index (κ2) is 7.28. The topological polar surface area (TPSA) is 48.1 Å². The molecule has 0 amide bonds. The van der Waals surface area contributed by atoms with Gasteiger partial charge in [0.25, 0.3) is 0 Å². The molecule has 1 atom stereocenters. The molecule has 1 heterocycles. The van der Waals surface area contributed by atoms with E-state index in [4.69, 9.17) is 10.5 Å². The molecule has 3 heteroatoms. The number of hydrogen-bond acceptors (Lipinski definition) is 3. The zero-order valence-corrected chi connectivity index (χ0v) is 11.2. The van der Waals surface area contributed by atoms with E-state index in [1.807, 2.05) is 19.1 Å². The summed E-state index contributed by atoms with van der Waals surface area (Å²) < 4.78 is 5.76. The molecule has 3 nitrogen and oxygen atoms in total. The Hall–Kier alpha value is -1.09. The summed E-state index contributed by atoms with van der Waals surface area (Å²) in [6.07, 6.45) is 3.97. The Morgan fingerprint density at radius 2 is 2.12 bits per heavy atom. The van der Waals surface area contributed by atoms with Gasteiger partial charge in [-0.25, -0.2) is 0 Å². The molecule has 0 bridgehead atoms. The summed E-state index contributed by atoms with van der Waals surface area (Å²) in [5.41, 5.74) is 8.00. The molecule has 0 aliphatic rings. The number of pyridine rings is 1. The zero-order valence-electron chi connectivity index (χ0n) is 11.2. The van der Waals surface area contributed by atoms with E-state index in [0.29, 0.717) is 0 Å². The Bertz CT molecular complexity index is 339. The highest BCUT2D eigenvalue weighted by Crippen LogP contribution is 2.19. The van der Waals surface area contributed by atoms with Gasteiger partial charge in [0.2, 0.25) is 0 Å². The lowest BCUT2D eigenvalue weighted by Gasteiger charge is -2.14. The molecule has 1 unspecified atom stereocenters. The van der Waals surface area contributed by atoms with Crippen molar-refractivity contribution >= 4 is 0 Å². The number of hydrogen-bond donors (Lipinski definition) is 1. The Labute approximate surface area is 104 Å². The normalized spacial score (nSPS) is 12.5. The van der Waals surface area contributed by atoms with Crippen molar-refractivity contribution in [1.82, 2.24) is 4.98 Å². The Morgan fingerprint density at radius 1 is 1.35 bits per heavy atom. The highest BCUT2D eigenvalue weighted by atomic mass is 16.5. The average Bonchev–Trinajstić information content (AvgIpc) is 2.32. The van der Waals surface area contributed by atoms with Crippen LogP contribution in [0.1, 0.15) is 44.5 Å². The quantitative estimate of drug-likeness (QED) is 0.741. The molecule has 0 radical (unpaired) electrons. The van der Waals surface area contributed by atoms with Crippen LogP contribution in [0.15, 0.2) is 12.1 Å². The molecule has 0 aromatic carbocycles. The van der Waals surface area contributed by atoms with Gasteiger partial charge in [0.05, 0.1) is 12.3 Å². The maximum absolute atomic E-state index is 5.98. The summed E-state index contributed by atoms with van der Waals surface area (Å²) in [5, 5.41) is 0. The van der Waals surface area contributed by atoms with Crippen molar-refractivity contribution in [3.63, 3.8) is 0 Å². The highest BCUT2D eigenvalue weighted by molar-refractivity contribution is 5.30. The van der Waals surface area contributed by atoms with E-state index >= 15 is 0 Å². The van der Waals surface area contributed by atoms with Crippen LogP contribution in [0.2, 0.25) is 0 Å². The number of aryl methyl sites for hydroxylation is 1. The Kier molecular flexibility index (Phi) is 5.98. The summed E-state index contributed by atoms with van der Waals surface area (Å²) in [6.45, 7) is 7.01. The lowest BCUT2D eigenvalue weighted by atomic mass is 10.1. The van der Waals surface area contributed by atoms with Crippen molar-refractivity contribution in [2.24, 2.45) is 5.73 Å². The number of aromatic nitrogens is 1. The van der Waals surface area contributed by atoms with E-state index in [1.165, 1.54) is 0 Å². The van der Waals surface area contributed by atoms with Gasteiger partial charge in [0.1, 0.15) is 5.75 Å². The molecule has 0 aliphatic heterocycles. The van der Waals surface area contributed by atoms with E-state index in [-0.39, 0.29) is 6.04 Å². The molecule has 17 heavy (non-hydrogen) atoms. The molecule has 1 rings (SSSR count). The smallest absolute Gasteiger partial charge is 0.140 e. The fraction of sp³-hybridized carbons (Fsp3) is 0.643. The van der Waals surface area contributed by atoms with Gasteiger partial charge in [-0.15, -0.1) is 0 Å². The van der Waals surface area contributed by atoms with Crippen molar-refractivity contribution in [3.8, 4) is 5.75 Å². The van der Waals surface area contributed by atoms with Gasteiger partial charge in [-0.2, -0.15) is 0 Å². The highest BCUT2D eigenvalue weighted by Gasteiger charge is 2.09. The lowest BCUT2D eigenvalue weighted by Crippen LogP contribution is -2.22. The maximum atomic E-state index is 5.98. The Balaban J connectivity index is 2.72. The number of unbranched alkanes of at least 4 members (excludes halogenated alkanes) is 1. The van der Waals surface area contributed by atoms with Gasteiger partial charge in [0, 0.05) is 18.2 Å². The number of nitrogens with two attached hydrogens (primary N) is 1. The molecular weight excluding hydrogens is 212 g/mol. The molecule has 1 aromatic rings. The first-order chi connectivity index (χ1) is 8.17. The number of rotatable bonds is 7. The molecule has 0 saturated heterocycles. The third kappa shape index (κ3) is 4.73.